The molecule has 2 aromatic carbocycles. The first-order chi connectivity index (χ1) is 11.9. The molecule has 128 valence electrons. The predicted molar refractivity (Wildman–Crippen MR) is 98.6 cm³/mol. The molecular formula is C21H22N2O2. The van der Waals surface area contributed by atoms with Gasteiger partial charge < -0.3 is 15.0 Å². The molecule has 0 fully saturated rings. The second-order valence-electron chi connectivity index (χ2n) is 6.58. The highest BCUT2D eigenvalue weighted by atomic mass is 16.3. The van der Waals surface area contributed by atoms with Crippen LogP contribution in [-0.4, -0.2) is 15.6 Å². The third kappa shape index (κ3) is 4.17. The van der Waals surface area contributed by atoms with E-state index in [2.05, 4.69) is 5.32 Å². The third-order valence-corrected chi connectivity index (χ3v) is 4.15. The number of aliphatic hydroxyl groups is 1. The Bertz CT molecular complexity index is 827. The summed E-state index contributed by atoms with van der Waals surface area (Å²) >= 11 is 0. The van der Waals surface area contributed by atoms with Crippen LogP contribution in [0, 0.1) is 0 Å². The van der Waals surface area contributed by atoms with Crippen LogP contribution in [0.3, 0.4) is 0 Å². The topological polar surface area (TPSA) is 54.3 Å². The van der Waals surface area contributed by atoms with Crippen molar-refractivity contribution in [2.75, 3.05) is 0 Å². The van der Waals surface area contributed by atoms with Gasteiger partial charge in [-0.25, -0.2) is 0 Å². The first kappa shape index (κ1) is 17.0. The van der Waals surface area contributed by atoms with Crippen molar-refractivity contribution in [2.24, 2.45) is 0 Å². The van der Waals surface area contributed by atoms with E-state index in [4.69, 9.17) is 0 Å². The van der Waals surface area contributed by atoms with Crippen LogP contribution in [0.15, 0.2) is 73.1 Å². The van der Waals surface area contributed by atoms with Gasteiger partial charge in [-0.05, 0) is 61.4 Å². The van der Waals surface area contributed by atoms with Gasteiger partial charge in [0.2, 0.25) is 0 Å². The maximum absolute atomic E-state index is 12.3. The van der Waals surface area contributed by atoms with Gasteiger partial charge in [-0.2, -0.15) is 0 Å². The molecule has 0 radical (unpaired) electrons. The lowest BCUT2D eigenvalue weighted by Gasteiger charge is -2.18. The largest absolute Gasteiger partial charge is 0.386 e. The normalized spacial score (nSPS) is 11.3. The van der Waals surface area contributed by atoms with Crippen molar-refractivity contribution in [2.45, 2.75) is 26.0 Å². The van der Waals surface area contributed by atoms with E-state index in [9.17, 15) is 9.90 Å². The van der Waals surface area contributed by atoms with E-state index in [-0.39, 0.29) is 5.91 Å². The van der Waals surface area contributed by atoms with Crippen LogP contribution in [0.1, 0.15) is 35.3 Å². The van der Waals surface area contributed by atoms with Crippen molar-refractivity contribution in [3.05, 3.63) is 89.7 Å². The molecule has 3 rings (SSSR count). The van der Waals surface area contributed by atoms with Crippen LogP contribution in [0.4, 0.5) is 0 Å². The standard InChI is InChI=1S/C21H22N2O2/c1-21(2,25)18-9-5-16(6-10-18)15-22-20(24)17-7-11-19(12-8-17)23-13-3-4-14-23/h3-14,25H,15H2,1-2H3,(H,22,24). The number of rotatable bonds is 5. The lowest BCUT2D eigenvalue weighted by atomic mass is 9.97. The van der Waals surface area contributed by atoms with E-state index in [1.54, 1.807) is 13.8 Å². The lowest BCUT2D eigenvalue weighted by Crippen LogP contribution is -2.23. The molecule has 1 heterocycles. The highest BCUT2D eigenvalue weighted by molar-refractivity contribution is 5.94. The maximum Gasteiger partial charge on any atom is 0.251 e. The molecule has 0 aliphatic rings. The number of nitrogens with one attached hydrogen (secondary N) is 1. The molecule has 2 N–H and O–H groups in total. The van der Waals surface area contributed by atoms with Gasteiger partial charge in [-0.1, -0.05) is 24.3 Å². The Kier molecular flexibility index (Phi) is 4.72. The summed E-state index contributed by atoms with van der Waals surface area (Å²) in [7, 11) is 0. The lowest BCUT2D eigenvalue weighted by molar-refractivity contribution is 0.0785. The molecule has 4 nitrogen and oxygen atoms in total. The van der Waals surface area contributed by atoms with E-state index in [0.29, 0.717) is 12.1 Å². The van der Waals surface area contributed by atoms with E-state index in [1.165, 1.54) is 0 Å². The van der Waals surface area contributed by atoms with Gasteiger partial charge in [0.05, 0.1) is 5.60 Å². The fourth-order valence-corrected chi connectivity index (χ4v) is 2.61. The Balaban J connectivity index is 1.61. The Morgan fingerprint density at radius 3 is 2.16 bits per heavy atom. The zero-order chi connectivity index (χ0) is 17.9. The zero-order valence-corrected chi connectivity index (χ0v) is 14.4. The number of carbonyl (C=O) groups excluding carboxylic acids is 1. The van der Waals surface area contributed by atoms with Crippen molar-refractivity contribution in [1.82, 2.24) is 9.88 Å². The first-order valence-electron chi connectivity index (χ1n) is 8.27. The van der Waals surface area contributed by atoms with Crippen molar-refractivity contribution in [3.8, 4) is 5.69 Å². The summed E-state index contributed by atoms with van der Waals surface area (Å²) < 4.78 is 1.99. The zero-order valence-electron chi connectivity index (χ0n) is 14.4. The Hall–Kier alpha value is -2.85. The van der Waals surface area contributed by atoms with E-state index >= 15 is 0 Å². The smallest absolute Gasteiger partial charge is 0.251 e. The highest BCUT2D eigenvalue weighted by Gasteiger charge is 2.15. The SMILES string of the molecule is CC(C)(O)c1ccc(CNC(=O)c2ccc(-n3cccc3)cc2)cc1. The molecule has 0 unspecified atom stereocenters. The van der Waals surface area contributed by atoms with Gasteiger partial charge in [-0.3, -0.25) is 4.79 Å². The summed E-state index contributed by atoms with van der Waals surface area (Å²) in [6, 6.07) is 19.0. The average Bonchev–Trinajstić information content (AvgIpc) is 3.14. The monoisotopic (exact) mass is 334 g/mol. The highest BCUT2D eigenvalue weighted by Crippen LogP contribution is 2.19. The molecular weight excluding hydrogens is 312 g/mol. The minimum absolute atomic E-state index is 0.106. The van der Waals surface area contributed by atoms with Crippen molar-refractivity contribution >= 4 is 5.91 Å². The van der Waals surface area contributed by atoms with Crippen LogP contribution in [-0.2, 0) is 12.1 Å². The number of hydrogen-bond acceptors (Lipinski definition) is 2. The minimum atomic E-state index is -0.858. The molecule has 0 saturated heterocycles. The summed E-state index contributed by atoms with van der Waals surface area (Å²) in [4.78, 5) is 12.3. The molecule has 25 heavy (non-hydrogen) atoms. The van der Waals surface area contributed by atoms with E-state index in [1.807, 2.05) is 77.6 Å². The average molecular weight is 334 g/mol. The van der Waals surface area contributed by atoms with Crippen molar-refractivity contribution in [1.29, 1.82) is 0 Å². The van der Waals surface area contributed by atoms with Gasteiger partial charge in [0, 0.05) is 30.2 Å². The summed E-state index contributed by atoms with van der Waals surface area (Å²) in [6.45, 7) is 3.95. The molecule has 0 aliphatic heterocycles. The van der Waals surface area contributed by atoms with Gasteiger partial charge >= 0.3 is 0 Å². The summed E-state index contributed by atoms with van der Waals surface area (Å²) in [5.41, 5.74) is 2.63. The Labute approximate surface area is 147 Å². The maximum atomic E-state index is 12.3. The molecule has 1 amide bonds. The van der Waals surface area contributed by atoms with E-state index < -0.39 is 5.60 Å². The minimum Gasteiger partial charge on any atom is -0.386 e. The molecule has 3 aromatic rings. The fourth-order valence-electron chi connectivity index (χ4n) is 2.61. The number of nitrogens with zero attached hydrogens (tertiary/aromatic N) is 1. The van der Waals surface area contributed by atoms with Crippen LogP contribution >= 0.6 is 0 Å². The molecule has 0 bridgehead atoms. The van der Waals surface area contributed by atoms with Crippen LogP contribution < -0.4 is 5.32 Å². The molecule has 4 heteroatoms. The second-order valence-corrected chi connectivity index (χ2v) is 6.58. The van der Waals surface area contributed by atoms with Crippen LogP contribution in [0.25, 0.3) is 5.69 Å². The first-order valence-corrected chi connectivity index (χ1v) is 8.27. The van der Waals surface area contributed by atoms with Crippen LogP contribution in [0.2, 0.25) is 0 Å². The second kappa shape index (κ2) is 6.95. The van der Waals surface area contributed by atoms with Crippen LogP contribution in [0.5, 0.6) is 0 Å². The molecule has 0 atom stereocenters. The third-order valence-electron chi connectivity index (χ3n) is 4.15. The predicted octanol–water partition coefficient (Wildman–Crippen LogP) is 3.63. The Morgan fingerprint density at radius 2 is 1.60 bits per heavy atom. The number of aromatic nitrogens is 1. The van der Waals surface area contributed by atoms with Gasteiger partial charge in [-0.15, -0.1) is 0 Å². The Morgan fingerprint density at radius 1 is 1.00 bits per heavy atom. The summed E-state index contributed by atoms with van der Waals surface area (Å²) in [5.74, 6) is -0.106. The van der Waals surface area contributed by atoms with Crippen molar-refractivity contribution in [3.63, 3.8) is 0 Å². The molecule has 1 aromatic heterocycles. The van der Waals surface area contributed by atoms with Gasteiger partial charge in [0.25, 0.3) is 5.91 Å². The molecule has 0 saturated carbocycles. The number of amides is 1. The quantitative estimate of drug-likeness (QED) is 0.748. The van der Waals surface area contributed by atoms with Gasteiger partial charge in [0.1, 0.15) is 0 Å². The molecule has 0 spiro atoms. The molecule has 0 aliphatic carbocycles. The number of carbonyl (C=O) groups is 1. The van der Waals surface area contributed by atoms with Gasteiger partial charge in [0.15, 0.2) is 0 Å². The fraction of sp³-hybridized carbons (Fsp3) is 0.190. The number of hydrogen-bond donors (Lipinski definition) is 2. The van der Waals surface area contributed by atoms with E-state index in [0.717, 1.165) is 16.8 Å². The van der Waals surface area contributed by atoms with Crippen molar-refractivity contribution < 1.29 is 9.90 Å². The summed E-state index contributed by atoms with van der Waals surface area (Å²) in [6.07, 6.45) is 3.93. The summed E-state index contributed by atoms with van der Waals surface area (Å²) in [5, 5.41) is 12.9. The number of benzene rings is 2.